The quantitative estimate of drug-likeness (QED) is 0.310. The molecule has 2 aromatic heterocycles. The average molecular weight is 579 g/mol. The summed E-state index contributed by atoms with van der Waals surface area (Å²) in [6.45, 7) is 19.6. The van der Waals surface area contributed by atoms with Gasteiger partial charge in [-0.2, -0.15) is 0 Å². The van der Waals surface area contributed by atoms with Gasteiger partial charge in [0.2, 0.25) is 16.0 Å². The van der Waals surface area contributed by atoms with E-state index in [4.69, 9.17) is 4.98 Å². The smallest absolute Gasteiger partial charge is 0.240 e. The second-order valence-electron chi connectivity index (χ2n) is 10.8. The fourth-order valence-electron chi connectivity index (χ4n) is 5.60. The third-order valence-corrected chi connectivity index (χ3v) is 9.74. The monoisotopic (exact) mass is 578 g/mol. The molecule has 9 nitrogen and oxygen atoms in total. The van der Waals surface area contributed by atoms with E-state index in [2.05, 4.69) is 51.8 Å². The van der Waals surface area contributed by atoms with Crippen molar-refractivity contribution in [2.24, 2.45) is 5.92 Å². The Bertz CT molecular complexity index is 1560. The molecule has 220 valence electrons. The van der Waals surface area contributed by atoms with Crippen LogP contribution in [0.1, 0.15) is 60.9 Å². The van der Waals surface area contributed by atoms with Gasteiger partial charge in [-0.25, -0.2) is 23.1 Å². The predicted molar refractivity (Wildman–Crippen MR) is 164 cm³/mol. The lowest BCUT2D eigenvalue weighted by atomic mass is 9.91. The summed E-state index contributed by atoms with van der Waals surface area (Å²) in [7, 11) is -3.63. The Kier molecular flexibility index (Phi) is 9.46. The molecule has 3 aromatic rings. The van der Waals surface area contributed by atoms with E-state index in [1.54, 1.807) is 31.3 Å². The molecule has 0 amide bonds. The van der Waals surface area contributed by atoms with Crippen molar-refractivity contribution in [3.63, 3.8) is 0 Å². The van der Waals surface area contributed by atoms with Crippen LogP contribution in [0.3, 0.4) is 0 Å². The summed E-state index contributed by atoms with van der Waals surface area (Å²) in [5.41, 5.74) is 6.75. The van der Waals surface area contributed by atoms with Gasteiger partial charge in [0.1, 0.15) is 0 Å². The molecule has 2 N–H and O–H groups in total. The average Bonchev–Trinajstić information content (AvgIpc) is 3.17. The van der Waals surface area contributed by atoms with Crippen molar-refractivity contribution in [2.75, 3.05) is 31.5 Å². The number of Topliss-reactive ketones (excluding diaryl/α,β-unsaturated/α-hetero) is 1. The van der Waals surface area contributed by atoms with Crippen LogP contribution in [-0.2, 0) is 16.6 Å². The minimum Gasteiger partial charge on any atom is -0.341 e. The van der Waals surface area contributed by atoms with E-state index in [9.17, 15) is 13.2 Å². The number of fused-ring (bicyclic) bond motifs is 1. The number of nitrogens with one attached hydrogen (secondary N) is 2. The molecule has 0 spiro atoms. The molecule has 4 rings (SSSR count). The first-order chi connectivity index (χ1) is 19.5. The van der Waals surface area contributed by atoms with Crippen LogP contribution in [0.5, 0.6) is 0 Å². The summed E-state index contributed by atoms with van der Waals surface area (Å²) >= 11 is 0. The fraction of sp³-hybridized carbons (Fsp3) is 0.452. The Hall–Kier alpha value is -3.34. The van der Waals surface area contributed by atoms with Crippen molar-refractivity contribution >= 4 is 27.4 Å². The van der Waals surface area contributed by atoms with Gasteiger partial charge in [-0.3, -0.25) is 4.79 Å². The molecule has 0 aliphatic carbocycles. The van der Waals surface area contributed by atoms with Crippen LogP contribution in [0, 0.1) is 26.7 Å². The molecular formula is C31H42N6O3S. The SMILES string of the molecule is C=C1CCn2c(C)c(-c3ccnc(Nc4ccc(S(=O)(=O)NCCN(CC)CC)c(C)c4)n3)c(C)c2C(=O)CC1C. The largest absolute Gasteiger partial charge is 0.341 e. The lowest BCUT2D eigenvalue weighted by Gasteiger charge is -2.21. The number of allylic oxidation sites excluding steroid dienone is 1. The van der Waals surface area contributed by atoms with Gasteiger partial charge in [0.15, 0.2) is 5.78 Å². The summed E-state index contributed by atoms with van der Waals surface area (Å²) in [5, 5.41) is 3.22. The first-order valence-electron chi connectivity index (χ1n) is 14.3. The number of hydrogen-bond donors (Lipinski definition) is 2. The van der Waals surface area contributed by atoms with Crippen molar-refractivity contribution in [1.82, 2.24) is 24.2 Å². The molecule has 0 fully saturated rings. The van der Waals surface area contributed by atoms with E-state index in [0.29, 0.717) is 43.3 Å². The van der Waals surface area contributed by atoms with Crippen LogP contribution in [0.25, 0.3) is 11.3 Å². The van der Waals surface area contributed by atoms with Gasteiger partial charge < -0.3 is 14.8 Å². The number of nitrogens with zero attached hydrogens (tertiary/aromatic N) is 4. The van der Waals surface area contributed by atoms with Crippen molar-refractivity contribution < 1.29 is 13.2 Å². The number of ketones is 1. The summed E-state index contributed by atoms with van der Waals surface area (Å²) in [6.07, 6.45) is 2.98. The maximum Gasteiger partial charge on any atom is 0.240 e. The van der Waals surface area contributed by atoms with Crippen LogP contribution >= 0.6 is 0 Å². The van der Waals surface area contributed by atoms with Crippen molar-refractivity contribution in [3.05, 3.63) is 65.1 Å². The second-order valence-corrected chi connectivity index (χ2v) is 12.6. The number of likely N-dealkylation sites (N-methyl/N-ethyl adjacent to an activating group) is 1. The minimum atomic E-state index is -3.63. The normalized spacial score (nSPS) is 16.0. The Labute approximate surface area is 244 Å². The number of aryl methyl sites for hydroxylation is 1. The van der Waals surface area contributed by atoms with Crippen LogP contribution in [0.4, 0.5) is 11.6 Å². The maximum absolute atomic E-state index is 13.2. The number of carbonyl (C=O) groups excluding carboxylic acids is 1. The van der Waals surface area contributed by atoms with Crippen LogP contribution in [0.15, 0.2) is 47.5 Å². The number of aromatic nitrogens is 3. The Balaban J connectivity index is 1.56. The number of anilines is 2. The molecule has 3 heterocycles. The summed E-state index contributed by atoms with van der Waals surface area (Å²) in [6, 6.07) is 6.95. The molecule has 41 heavy (non-hydrogen) atoms. The second kappa shape index (κ2) is 12.7. The van der Waals surface area contributed by atoms with Crippen molar-refractivity contribution in [1.29, 1.82) is 0 Å². The molecule has 1 aliphatic rings. The van der Waals surface area contributed by atoms with Gasteiger partial charge in [0.25, 0.3) is 0 Å². The third kappa shape index (κ3) is 6.60. The zero-order valence-corrected chi connectivity index (χ0v) is 25.9. The van der Waals surface area contributed by atoms with Gasteiger partial charge in [0, 0.05) is 49.2 Å². The van der Waals surface area contributed by atoms with Crippen LogP contribution < -0.4 is 10.0 Å². The molecular weight excluding hydrogens is 536 g/mol. The molecule has 1 aliphatic heterocycles. The third-order valence-electron chi connectivity index (χ3n) is 8.12. The highest BCUT2D eigenvalue weighted by molar-refractivity contribution is 7.89. The van der Waals surface area contributed by atoms with E-state index in [-0.39, 0.29) is 16.6 Å². The highest BCUT2D eigenvalue weighted by Crippen LogP contribution is 2.35. The fourth-order valence-corrected chi connectivity index (χ4v) is 6.85. The predicted octanol–water partition coefficient (Wildman–Crippen LogP) is 5.40. The molecule has 10 heteroatoms. The number of hydrogen-bond acceptors (Lipinski definition) is 7. The van der Waals surface area contributed by atoms with Crippen LogP contribution in [0.2, 0.25) is 0 Å². The first-order valence-corrected chi connectivity index (χ1v) is 15.8. The number of benzene rings is 1. The topological polar surface area (TPSA) is 109 Å². The molecule has 0 saturated carbocycles. The first kappa shape index (κ1) is 30.6. The highest BCUT2D eigenvalue weighted by atomic mass is 32.2. The van der Waals surface area contributed by atoms with E-state index < -0.39 is 10.0 Å². The Morgan fingerprint density at radius 1 is 1.15 bits per heavy atom. The summed E-state index contributed by atoms with van der Waals surface area (Å²) in [4.78, 5) is 24.8. The van der Waals surface area contributed by atoms with Gasteiger partial charge >= 0.3 is 0 Å². The maximum atomic E-state index is 13.2. The highest BCUT2D eigenvalue weighted by Gasteiger charge is 2.28. The van der Waals surface area contributed by atoms with E-state index in [1.807, 2.05) is 19.9 Å². The lowest BCUT2D eigenvalue weighted by molar-refractivity contribution is 0.0955. The lowest BCUT2D eigenvalue weighted by Crippen LogP contribution is -2.35. The van der Waals surface area contributed by atoms with Crippen molar-refractivity contribution in [2.45, 2.75) is 65.8 Å². The number of sulfonamides is 1. The number of rotatable bonds is 10. The standard InChI is InChI=1S/C31H42N6O3S/c1-8-36(9-2)17-15-33-41(39,40)28-11-10-25(18-22(28)5)34-31-32-14-12-26(35-31)29-23(6)30-27(38)19-21(4)20(3)13-16-37(30)24(29)7/h10-12,14,18,21,33H,3,8-9,13,15-17,19H2,1-2,4-7H3,(H,32,34,35). The van der Waals surface area contributed by atoms with Gasteiger partial charge in [-0.05, 0) is 81.6 Å². The van der Waals surface area contributed by atoms with Gasteiger partial charge in [0.05, 0.1) is 16.3 Å². The molecule has 0 radical (unpaired) electrons. The summed E-state index contributed by atoms with van der Waals surface area (Å²) in [5.74, 6) is 0.684. The minimum absolute atomic E-state index is 0.130. The van der Waals surface area contributed by atoms with E-state index in [1.165, 1.54) is 0 Å². The Morgan fingerprint density at radius 2 is 1.88 bits per heavy atom. The molecule has 1 aromatic carbocycles. The van der Waals surface area contributed by atoms with Gasteiger partial charge in [-0.1, -0.05) is 32.9 Å². The zero-order valence-electron chi connectivity index (χ0n) is 25.0. The zero-order chi connectivity index (χ0) is 29.9. The van der Waals surface area contributed by atoms with E-state index in [0.717, 1.165) is 53.3 Å². The Morgan fingerprint density at radius 3 is 2.56 bits per heavy atom. The van der Waals surface area contributed by atoms with Crippen LogP contribution in [-0.4, -0.2) is 59.8 Å². The molecule has 1 atom stereocenters. The molecule has 0 bridgehead atoms. The van der Waals surface area contributed by atoms with Gasteiger partial charge in [-0.15, -0.1) is 0 Å². The molecule has 1 unspecified atom stereocenters. The molecule has 0 saturated heterocycles. The summed E-state index contributed by atoms with van der Waals surface area (Å²) < 4.78 is 30.7. The van der Waals surface area contributed by atoms with E-state index >= 15 is 0 Å². The number of carbonyl (C=O) groups is 1. The van der Waals surface area contributed by atoms with Crippen molar-refractivity contribution in [3.8, 4) is 11.3 Å².